The summed E-state index contributed by atoms with van der Waals surface area (Å²) >= 11 is 0. The number of nitrogens with zero attached hydrogens (tertiary/aromatic N) is 1. The molecule has 1 aliphatic carbocycles. The number of sulfonamides is 1. The second-order valence-corrected chi connectivity index (χ2v) is 9.12. The van der Waals surface area contributed by atoms with E-state index in [1.165, 1.54) is 12.1 Å². The Morgan fingerprint density at radius 3 is 2.62 bits per heavy atom. The molecule has 0 heterocycles. The smallest absolute Gasteiger partial charge is 0.253 e. The predicted molar refractivity (Wildman–Crippen MR) is 94.2 cm³/mol. The normalized spacial score (nSPS) is 15.3. The molecule has 3 N–H and O–H groups in total. The highest BCUT2D eigenvalue weighted by atomic mass is 32.2. The Balaban J connectivity index is 2.12. The summed E-state index contributed by atoms with van der Waals surface area (Å²) in [4.78, 5) is 14.3. The number of rotatable bonds is 8. The van der Waals surface area contributed by atoms with E-state index in [4.69, 9.17) is 5.73 Å². The second kappa shape index (κ2) is 7.21. The maximum absolute atomic E-state index is 12.6. The lowest BCUT2D eigenvalue weighted by atomic mass is 9.93. The number of hydrogen-bond acceptors (Lipinski definition) is 4. The van der Waals surface area contributed by atoms with Crippen LogP contribution in [0.25, 0.3) is 0 Å². The maximum atomic E-state index is 12.6. The number of carbonyl (C=O) groups is 1. The zero-order valence-electron chi connectivity index (χ0n) is 14.6. The molecule has 1 aromatic rings. The van der Waals surface area contributed by atoms with Gasteiger partial charge in [0.15, 0.2) is 0 Å². The van der Waals surface area contributed by atoms with Gasteiger partial charge in [-0.2, -0.15) is 0 Å². The van der Waals surface area contributed by atoms with Gasteiger partial charge in [0, 0.05) is 25.7 Å². The number of nitrogens with two attached hydrogens (primary N) is 1. The van der Waals surface area contributed by atoms with Crippen LogP contribution < -0.4 is 10.5 Å². The standard InChI is InChI=1S/C17H27N3O3S/c1-17(2,11-18)12-20(3)16(21)14-5-4-6-15(9-14)24(22,23)19-10-13-7-8-13/h4-6,9,13,19H,7-8,10-12,18H2,1-3H3. The van der Waals surface area contributed by atoms with Crippen molar-refractivity contribution in [2.75, 3.05) is 26.7 Å². The summed E-state index contributed by atoms with van der Waals surface area (Å²) in [7, 11) is -1.88. The first kappa shape index (κ1) is 18.9. The van der Waals surface area contributed by atoms with Crippen molar-refractivity contribution in [3.05, 3.63) is 29.8 Å². The van der Waals surface area contributed by atoms with Crippen molar-refractivity contribution in [3.63, 3.8) is 0 Å². The van der Waals surface area contributed by atoms with Crippen LogP contribution in [0.2, 0.25) is 0 Å². The molecule has 0 aliphatic heterocycles. The van der Waals surface area contributed by atoms with Crippen molar-refractivity contribution >= 4 is 15.9 Å². The SMILES string of the molecule is CN(CC(C)(C)CN)C(=O)c1cccc(S(=O)(=O)NCC2CC2)c1. The fourth-order valence-corrected chi connectivity index (χ4v) is 3.59. The van der Waals surface area contributed by atoms with Crippen molar-refractivity contribution in [3.8, 4) is 0 Å². The van der Waals surface area contributed by atoms with Crippen LogP contribution in [0.1, 0.15) is 37.0 Å². The van der Waals surface area contributed by atoms with Gasteiger partial charge in [0.1, 0.15) is 0 Å². The molecule has 24 heavy (non-hydrogen) atoms. The quantitative estimate of drug-likeness (QED) is 0.739. The van der Waals surface area contributed by atoms with Crippen molar-refractivity contribution in [1.82, 2.24) is 9.62 Å². The van der Waals surface area contributed by atoms with E-state index in [0.29, 0.717) is 31.1 Å². The van der Waals surface area contributed by atoms with Crippen molar-refractivity contribution < 1.29 is 13.2 Å². The molecule has 0 aromatic heterocycles. The Labute approximate surface area is 144 Å². The van der Waals surface area contributed by atoms with E-state index in [-0.39, 0.29) is 16.2 Å². The van der Waals surface area contributed by atoms with Gasteiger partial charge >= 0.3 is 0 Å². The first-order chi connectivity index (χ1) is 11.1. The second-order valence-electron chi connectivity index (χ2n) is 7.35. The lowest BCUT2D eigenvalue weighted by Crippen LogP contribution is -2.39. The van der Waals surface area contributed by atoms with Gasteiger partial charge in [0.2, 0.25) is 10.0 Å². The monoisotopic (exact) mass is 353 g/mol. The Hall–Kier alpha value is -1.44. The Bertz CT molecular complexity index is 697. The molecule has 0 bridgehead atoms. The fraction of sp³-hybridized carbons (Fsp3) is 0.588. The summed E-state index contributed by atoms with van der Waals surface area (Å²) in [5.74, 6) is 0.241. The van der Waals surface area contributed by atoms with Crippen LogP contribution in [0, 0.1) is 11.3 Å². The molecule has 1 aliphatic rings. The van der Waals surface area contributed by atoms with Gasteiger partial charge in [0.25, 0.3) is 5.91 Å². The molecule has 1 fully saturated rings. The Morgan fingerprint density at radius 1 is 1.38 bits per heavy atom. The van der Waals surface area contributed by atoms with Gasteiger partial charge < -0.3 is 10.6 Å². The van der Waals surface area contributed by atoms with Crippen LogP contribution >= 0.6 is 0 Å². The summed E-state index contributed by atoms with van der Waals surface area (Å²) in [6.45, 7) is 5.40. The summed E-state index contributed by atoms with van der Waals surface area (Å²) in [5.41, 5.74) is 5.88. The van der Waals surface area contributed by atoms with Crippen LogP contribution in [0.3, 0.4) is 0 Å². The molecule has 134 valence electrons. The van der Waals surface area contributed by atoms with Crippen molar-refractivity contribution in [2.24, 2.45) is 17.1 Å². The number of hydrogen-bond donors (Lipinski definition) is 2. The van der Waals surface area contributed by atoms with Gasteiger partial charge in [-0.25, -0.2) is 13.1 Å². The summed E-state index contributed by atoms with van der Waals surface area (Å²) in [6.07, 6.45) is 2.14. The average molecular weight is 353 g/mol. The van der Waals surface area contributed by atoms with Crippen LogP contribution in [-0.2, 0) is 10.0 Å². The highest BCUT2D eigenvalue weighted by molar-refractivity contribution is 7.89. The Kier molecular flexibility index (Phi) is 5.67. The number of carbonyl (C=O) groups excluding carboxylic acids is 1. The highest BCUT2D eigenvalue weighted by Crippen LogP contribution is 2.28. The molecule has 2 rings (SSSR count). The summed E-state index contributed by atoms with van der Waals surface area (Å²) in [5, 5.41) is 0. The third kappa shape index (κ3) is 5.03. The number of benzene rings is 1. The van der Waals surface area contributed by atoms with E-state index in [1.807, 2.05) is 13.8 Å². The minimum atomic E-state index is -3.58. The molecule has 0 unspecified atom stereocenters. The van der Waals surface area contributed by atoms with E-state index in [1.54, 1.807) is 24.1 Å². The van der Waals surface area contributed by atoms with E-state index in [0.717, 1.165) is 12.8 Å². The van der Waals surface area contributed by atoms with Gasteiger partial charge in [0.05, 0.1) is 4.90 Å². The topological polar surface area (TPSA) is 92.5 Å². The van der Waals surface area contributed by atoms with Crippen molar-refractivity contribution in [2.45, 2.75) is 31.6 Å². The number of amides is 1. The molecular weight excluding hydrogens is 326 g/mol. The highest BCUT2D eigenvalue weighted by Gasteiger charge is 2.25. The summed E-state index contributed by atoms with van der Waals surface area (Å²) < 4.78 is 27.3. The van der Waals surface area contributed by atoms with Crippen LogP contribution in [0.5, 0.6) is 0 Å². The van der Waals surface area contributed by atoms with Crippen molar-refractivity contribution in [1.29, 1.82) is 0 Å². The molecule has 0 spiro atoms. The van der Waals surface area contributed by atoms with Gasteiger partial charge in [-0.15, -0.1) is 0 Å². The molecule has 1 aromatic carbocycles. The van der Waals surface area contributed by atoms with Gasteiger partial charge in [-0.1, -0.05) is 19.9 Å². The maximum Gasteiger partial charge on any atom is 0.253 e. The van der Waals surface area contributed by atoms with Crippen LogP contribution in [0.4, 0.5) is 0 Å². The average Bonchev–Trinajstić information content (AvgIpc) is 3.36. The molecule has 0 saturated heterocycles. The number of nitrogens with one attached hydrogen (secondary N) is 1. The van der Waals surface area contributed by atoms with Gasteiger partial charge in [-0.3, -0.25) is 4.79 Å². The largest absolute Gasteiger partial charge is 0.341 e. The fourth-order valence-electron chi connectivity index (χ4n) is 2.43. The minimum Gasteiger partial charge on any atom is -0.341 e. The van der Waals surface area contributed by atoms with Gasteiger partial charge in [-0.05, 0) is 48.9 Å². The zero-order valence-corrected chi connectivity index (χ0v) is 15.4. The molecular formula is C17H27N3O3S. The minimum absolute atomic E-state index is 0.125. The molecule has 0 atom stereocenters. The van der Waals surface area contributed by atoms with Crippen LogP contribution in [0.15, 0.2) is 29.2 Å². The third-order valence-corrected chi connectivity index (χ3v) is 5.64. The Morgan fingerprint density at radius 2 is 2.04 bits per heavy atom. The molecule has 7 heteroatoms. The summed E-state index contributed by atoms with van der Waals surface area (Å²) in [6, 6.07) is 6.17. The molecule has 0 radical (unpaired) electrons. The zero-order chi connectivity index (χ0) is 18.0. The lowest BCUT2D eigenvalue weighted by molar-refractivity contribution is 0.0740. The third-order valence-electron chi connectivity index (χ3n) is 4.21. The molecule has 1 amide bonds. The predicted octanol–water partition coefficient (Wildman–Crippen LogP) is 1.43. The molecule has 6 nitrogen and oxygen atoms in total. The van der Waals surface area contributed by atoms with Crippen LogP contribution in [-0.4, -0.2) is 45.9 Å². The van der Waals surface area contributed by atoms with E-state index < -0.39 is 10.0 Å². The first-order valence-corrected chi connectivity index (χ1v) is 9.68. The van der Waals surface area contributed by atoms with E-state index in [2.05, 4.69) is 4.72 Å². The lowest BCUT2D eigenvalue weighted by Gasteiger charge is -2.29. The van der Waals surface area contributed by atoms with E-state index >= 15 is 0 Å². The molecule has 1 saturated carbocycles. The van der Waals surface area contributed by atoms with E-state index in [9.17, 15) is 13.2 Å². The first-order valence-electron chi connectivity index (χ1n) is 8.20.